The minimum Gasteiger partial charge on any atom is -0.459 e. The Hall–Kier alpha value is -3.72. The molecular formula is C35H30Cl4N4O6S2. The number of nitrogens with one attached hydrogen (secondary N) is 1. The van der Waals surface area contributed by atoms with Crippen LogP contribution in [0.2, 0.25) is 20.1 Å². The molecule has 0 bridgehead atoms. The molecule has 16 heteroatoms. The molecule has 51 heavy (non-hydrogen) atoms. The number of rotatable bonds is 15. The van der Waals surface area contributed by atoms with Gasteiger partial charge in [0.05, 0.1) is 39.1 Å². The van der Waals surface area contributed by atoms with E-state index in [9.17, 15) is 21.6 Å². The highest BCUT2D eigenvalue weighted by Gasteiger charge is 2.28. The zero-order valence-corrected chi connectivity index (χ0v) is 31.3. The van der Waals surface area contributed by atoms with E-state index in [-0.39, 0.29) is 46.0 Å². The lowest BCUT2D eigenvalue weighted by atomic mass is 10.1. The Morgan fingerprint density at radius 1 is 0.686 bits per heavy atom. The summed E-state index contributed by atoms with van der Waals surface area (Å²) in [5, 5.41) is 5.30. The van der Waals surface area contributed by atoms with Gasteiger partial charge < -0.3 is 4.42 Å². The first-order valence-corrected chi connectivity index (χ1v) is 19.6. The molecule has 0 radical (unpaired) electrons. The lowest BCUT2D eigenvalue weighted by molar-refractivity contribution is -0.121. The molecule has 0 atom stereocenters. The second-order valence-corrected chi connectivity index (χ2v) is 16.7. The van der Waals surface area contributed by atoms with E-state index < -0.39 is 32.5 Å². The molecule has 1 aromatic heterocycles. The Morgan fingerprint density at radius 3 is 1.90 bits per heavy atom. The maximum atomic E-state index is 13.7. The Bertz CT molecular complexity index is 2220. The quantitative estimate of drug-likeness (QED) is 0.0855. The van der Waals surface area contributed by atoms with E-state index in [1.807, 2.05) is 30.3 Å². The first-order chi connectivity index (χ1) is 24.3. The third-order valence-electron chi connectivity index (χ3n) is 7.45. The van der Waals surface area contributed by atoms with E-state index in [1.54, 1.807) is 30.3 Å². The van der Waals surface area contributed by atoms with E-state index in [2.05, 4.69) is 10.5 Å². The normalized spacial score (nSPS) is 12.2. The molecule has 10 nitrogen and oxygen atoms in total. The predicted molar refractivity (Wildman–Crippen MR) is 199 cm³/mol. The minimum atomic E-state index is -4.06. The largest absolute Gasteiger partial charge is 0.459 e. The van der Waals surface area contributed by atoms with Gasteiger partial charge in [-0.15, -0.1) is 0 Å². The number of furan rings is 1. The van der Waals surface area contributed by atoms with Crippen molar-refractivity contribution in [2.24, 2.45) is 5.10 Å². The lowest BCUT2D eigenvalue weighted by Crippen LogP contribution is -2.40. The number of amides is 1. The molecule has 0 saturated heterocycles. The number of carbonyl (C=O) groups excluding carboxylic acids is 1. The summed E-state index contributed by atoms with van der Waals surface area (Å²) >= 11 is 24.2. The van der Waals surface area contributed by atoms with Gasteiger partial charge in [-0.05, 0) is 90.3 Å². The summed E-state index contributed by atoms with van der Waals surface area (Å²) in [6.45, 7) is -0.692. The molecule has 0 fully saturated rings. The van der Waals surface area contributed by atoms with Crippen molar-refractivity contribution in [1.29, 1.82) is 0 Å². The molecule has 1 heterocycles. The van der Waals surface area contributed by atoms with Crippen LogP contribution in [0.25, 0.3) is 0 Å². The van der Waals surface area contributed by atoms with Crippen molar-refractivity contribution < 1.29 is 26.0 Å². The van der Waals surface area contributed by atoms with Crippen LogP contribution in [0.4, 0.5) is 0 Å². The monoisotopic (exact) mass is 806 g/mol. The van der Waals surface area contributed by atoms with Gasteiger partial charge in [0, 0.05) is 23.1 Å². The number of hydrogen-bond acceptors (Lipinski definition) is 7. The van der Waals surface area contributed by atoms with Crippen molar-refractivity contribution in [3.8, 4) is 0 Å². The predicted octanol–water partition coefficient (Wildman–Crippen LogP) is 7.67. The molecule has 0 aliphatic heterocycles. The third-order valence-corrected chi connectivity index (χ3v) is 12.4. The Morgan fingerprint density at radius 2 is 1.29 bits per heavy atom. The molecule has 5 rings (SSSR count). The van der Waals surface area contributed by atoms with Gasteiger partial charge in [0.15, 0.2) is 0 Å². The second-order valence-electron chi connectivity index (χ2n) is 11.1. The summed E-state index contributed by atoms with van der Waals surface area (Å²) < 4.78 is 62.5. The highest BCUT2D eigenvalue weighted by atomic mass is 35.5. The summed E-state index contributed by atoms with van der Waals surface area (Å²) in [4.78, 5) is 13.0. The van der Waals surface area contributed by atoms with Crippen LogP contribution in [0.1, 0.15) is 22.6 Å². The second kappa shape index (κ2) is 17.2. The smallest absolute Gasteiger partial charge is 0.255 e. The topological polar surface area (TPSA) is 129 Å². The van der Waals surface area contributed by atoms with Crippen molar-refractivity contribution in [2.75, 3.05) is 13.1 Å². The molecule has 1 N–H and O–H groups in total. The van der Waals surface area contributed by atoms with Crippen LogP contribution in [0.5, 0.6) is 0 Å². The van der Waals surface area contributed by atoms with Gasteiger partial charge in [-0.2, -0.15) is 13.7 Å². The maximum Gasteiger partial charge on any atom is 0.255 e. The first-order valence-electron chi connectivity index (χ1n) is 15.2. The van der Waals surface area contributed by atoms with Crippen molar-refractivity contribution in [2.45, 2.75) is 29.3 Å². The number of nitrogens with zero attached hydrogens (tertiary/aromatic N) is 3. The molecule has 1 amide bonds. The molecule has 0 aliphatic rings. The summed E-state index contributed by atoms with van der Waals surface area (Å²) in [6, 6.07) is 28.7. The highest BCUT2D eigenvalue weighted by molar-refractivity contribution is 7.89. The average molecular weight is 809 g/mol. The zero-order chi connectivity index (χ0) is 36.6. The fourth-order valence-corrected chi connectivity index (χ4v) is 8.21. The molecule has 4 aromatic carbocycles. The Balaban J connectivity index is 1.28. The van der Waals surface area contributed by atoms with Gasteiger partial charge in [-0.25, -0.2) is 22.3 Å². The van der Waals surface area contributed by atoms with Crippen molar-refractivity contribution >= 4 is 78.6 Å². The van der Waals surface area contributed by atoms with Gasteiger partial charge in [-0.3, -0.25) is 4.79 Å². The van der Waals surface area contributed by atoms with Gasteiger partial charge in [0.25, 0.3) is 5.91 Å². The molecular weight excluding hydrogens is 778 g/mol. The molecule has 266 valence electrons. The van der Waals surface area contributed by atoms with Crippen molar-refractivity contribution in [3.63, 3.8) is 0 Å². The Labute approximate surface area is 316 Å². The van der Waals surface area contributed by atoms with Crippen LogP contribution >= 0.6 is 46.4 Å². The number of hydrazone groups is 1. The summed E-state index contributed by atoms with van der Waals surface area (Å²) in [5.74, 6) is -0.203. The van der Waals surface area contributed by atoms with E-state index in [4.69, 9.17) is 50.8 Å². The van der Waals surface area contributed by atoms with Gasteiger partial charge >= 0.3 is 0 Å². The van der Waals surface area contributed by atoms with Gasteiger partial charge in [0.2, 0.25) is 20.0 Å². The molecule has 0 saturated carbocycles. The van der Waals surface area contributed by atoms with Gasteiger partial charge in [-0.1, -0.05) is 82.8 Å². The highest BCUT2D eigenvalue weighted by Crippen LogP contribution is 2.27. The molecule has 0 spiro atoms. The standard InChI is InChI=1S/C35H30Cl4N4O6S2/c36-27-7-13-31(14-8-27)50(45,46)42(19-18-25-4-2-1-3-5-25)24-35(44)41-40-21-29-11-12-30(49-29)23-43(22-26-6-17-33(38)34(39)20-26)51(47,48)32-15-9-28(37)10-16-32/h1-17,20-21H,18-19,22-24H2,(H,41,44)/b40-21-. The first kappa shape index (κ1) is 38.5. The molecule has 5 aromatic rings. The van der Waals surface area contributed by atoms with Crippen LogP contribution in [0, 0.1) is 0 Å². The van der Waals surface area contributed by atoms with Crippen LogP contribution in [-0.4, -0.2) is 50.7 Å². The van der Waals surface area contributed by atoms with Crippen LogP contribution in [0.3, 0.4) is 0 Å². The lowest BCUT2D eigenvalue weighted by Gasteiger charge is -2.22. The van der Waals surface area contributed by atoms with Crippen molar-refractivity contribution in [3.05, 3.63) is 152 Å². The summed E-state index contributed by atoms with van der Waals surface area (Å²) in [6.07, 6.45) is 1.59. The van der Waals surface area contributed by atoms with Crippen molar-refractivity contribution in [1.82, 2.24) is 14.0 Å². The maximum absolute atomic E-state index is 13.7. The third kappa shape index (κ3) is 10.4. The SMILES string of the molecule is O=C(CN(CCc1ccccc1)S(=O)(=O)c1ccc(Cl)cc1)N/N=C\c1ccc(CN(Cc2ccc(Cl)c(Cl)c2)S(=O)(=O)c2ccc(Cl)cc2)o1. The number of carbonyl (C=O) groups is 1. The summed E-state index contributed by atoms with van der Waals surface area (Å²) in [7, 11) is -8.10. The summed E-state index contributed by atoms with van der Waals surface area (Å²) in [5.41, 5.74) is 3.83. The number of benzene rings is 4. The number of halogens is 4. The minimum absolute atomic E-state index is 0.00865. The number of sulfonamides is 2. The van der Waals surface area contributed by atoms with Gasteiger partial charge in [0.1, 0.15) is 11.5 Å². The Kier molecular flexibility index (Phi) is 13.0. The molecule has 0 unspecified atom stereocenters. The zero-order valence-electron chi connectivity index (χ0n) is 26.6. The average Bonchev–Trinajstić information content (AvgIpc) is 3.55. The number of hydrogen-bond donors (Lipinski definition) is 1. The van der Waals surface area contributed by atoms with Crippen LogP contribution in [-0.2, 0) is 44.4 Å². The van der Waals surface area contributed by atoms with E-state index in [0.29, 0.717) is 27.1 Å². The molecule has 0 aliphatic carbocycles. The van der Waals surface area contributed by atoms with Crippen LogP contribution < -0.4 is 5.43 Å². The van der Waals surface area contributed by atoms with Crippen LogP contribution in [0.15, 0.2) is 129 Å². The fourth-order valence-electron chi connectivity index (χ4n) is 4.85. The fraction of sp³-hybridized carbons (Fsp3) is 0.143. The van der Waals surface area contributed by atoms with E-state index >= 15 is 0 Å². The van der Waals surface area contributed by atoms with E-state index in [1.165, 1.54) is 59.1 Å². The van der Waals surface area contributed by atoms with E-state index in [0.717, 1.165) is 9.87 Å².